The molecule has 2 aromatic rings. The molecule has 5 nitrogen and oxygen atoms in total. The smallest absolute Gasteiger partial charge is 0.225 e. The number of rotatable bonds is 3. The van der Waals surface area contributed by atoms with Crippen LogP contribution >= 0.6 is 0 Å². The molecule has 2 atom stereocenters. The van der Waals surface area contributed by atoms with Crippen molar-refractivity contribution in [3.63, 3.8) is 0 Å². The molecule has 0 spiro atoms. The van der Waals surface area contributed by atoms with Gasteiger partial charge in [-0.2, -0.15) is 0 Å². The maximum Gasteiger partial charge on any atom is 0.225 e. The van der Waals surface area contributed by atoms with E-state index in [4.69, 9.17) is 9.97 Å². The van der Waals surface area contributed by atoms with Crippen LogP contribution < -0.4 is 4.90 Å². The predicted molar refractivity (Wildman–Crippen MR) is 92.7 cm³/mol. The lowest BCUT2D eigenvalue weighted by molar-refractivity contribution is 0.164. The van der Waals surface area contributed by atoms with E-state index in [-0.39, 0.29) is 0 Å². The molecule has 2 saturated heterocycles. The van der Waals surface area contributed by atoms with Gasteiger partial charge in [-0.25, -0.2) is 9.97 Å². The van der Waals surface area contributed by atoms with Crippen LogP contribution in [0.2, 0.25) is 0 Å². The Hall–Kier alpha value is -2.01. The first-order valence-corrected chi connectivity index (χ1v) is 9.15. The molecule has 5 heterocycles. The van der Waals surface area contributed by atoms with Crippen molar-refractivity contribution in [1.82, 2.24) is 19.9 Å². The number of hydrogen-bond acceptors (Lipinski definition) is 5. The highest BCUT2D eigenvalue weighted by atomic mass is 15.3. The van der Waals surface area contributed by atoms with Gasteiger partial charge in [-0.3, -0.25) is 9.88 Å². The minimum Gasteiger partial charge on any atom is -0.341 e. The first-order chi connectivity index (χ1) is 11.9. The fourth-order valence-corrected chi connectivity index (χ4v) is 4.56. The molecule has 0 aromatic carbocycles. The van der Waals surface area contributed by atoms with Crippen LogP contribution in [0, 0.1) is 0 Å². The molecule has 3 aliphatic rings. The van der Waals surface area contributed by atoms with Gasteiger partial charge in [-0.05, 0) is 37.8 Å². The number of anilines is 1. The Morgan fingerprint density at radius 2 is 2.00 bits per heavy atom. The zero-order valence-electron chi connectivity index (χ0n) is 13.9. The van der Waals surface area contributed by atoms with E-state index in [0.717, 1.165) is 37.7 Å². The van der Waals surface area contributed by atoms with Crippen LogP contribution in [0.25, 0.3) is 0 Å². The van der Waals surface area contributed by atoms with Gasteiger partial charge in [0.25, 0.3) is 0 Å². The number of aromatic nitrogens is 3. The lowest BCUT2D eigenvalue weighted by atomic mass is 9.99. The van der Waals surface area contributed by atoms with Crippen molar-refractivity contribution >= 4 is 5.95 Å². The molecule has 5 rings (SSSR count). The fourth-order valence-electron chi connectivity index (χ4n) is 4.56. The minimum absolute atomic E-state index is 0.466. The number of fused-ring (bicyclic) bond motifs is 4. The van der Waals surface area contributed by atoms with Crippen molar-refractivity contribution in [3.8, 4) is 0 Å². The summed E-state index contributed by atoms with van der Waals surface area (Å²) in [6.07, 6.45) is 10.1. The van der Waals surface area contributed by atoms with Crippen molar-refractivity contribution in [2.75, 3.05) is 18.0 Å². The molecule has 0 saturated carbocycles. The summed E-state index contributed by atoms with van der Waals surface area (Å²) in [5.74, 6) is 0.948. The molecular formula is C19H23N5. The summed E-state index contributed by atoms with van der Waals surface area (Å²) in [6, 6.07) is 7.26. The molecule has 0 radical (unpaired) electrons. The Balaban J connectivity index is 1.42. The fraction of sp³-hybridized carbons (Fsp3) is 0.526. The summed E-state index contributed by atoms with van der Waals surface area (Å²) in [5.41, 5.74) is 3.80. The highest BCUT2D eigenvalue weighted by Gasteiger charge is 2.41. The third-order valence-corrected chi connectivity index (χ3v) is 5.78. The lowest BCUT2D eigenvalue weighted by Gasteiger charge is -2.35. The normalized spacial score (nSPS) is 25.9. The van der Waals surface area contributed by atoms with Gasteiger partial charge >= 0.3 is 0 Å². The number of hydrogen-bond donors (Lipinski definition) is 0. The highest BCUT2D eigenvalue weighted by molar-refractivity contribution is 5.38. The first-order valence-electron chi connectivity index (χ1n) is 9.15. The van der Waals surface area contributed by atoms with Crippen molar-refractivity contribution in [2.45, 2.75) is 50.7 Å². The zero-order valence-corrected chi connectivity index (χ0v) is 13.9. The summed E-state index contributed by atoms with van der Waals surface area (Å²) >= 11 is 0. The van der Waals surface area contributed by atoms with Crippen molar-refractivity contribution < 1.29 is 0 Å². The van der Waals surface area contributed by atoms with Crippen LogP contribution in [0.1, 0.15) is 48.7 Å². The van der Waals surface area contributed by atoms with Gasteiger partial charge in [0.05, 0.1) is 11.4 Å². The van der Waals surface area contributed by atoms with Gasteiger partial charge in [0.2, 0.25) is 5.95 Å². The summed E-state index contributed by atoms with van der Waals surface area (Å²) < 4.78 is 0. The molecule has 0 N–H and O–H groups in total. The topological polar surface area (TPSA) is 45.2 Å². The molecule has 24 heavy (non-hydrogen) atoms. The maximum atomic E-state index is 4.95. The van der Waals surface area contributed by atoms with Crippen LogP contribution in [0.5, 0.6) is 0 Å². The van der Waals surface area contributed by atoms with Crippen LogP contribution in [0.4, 0.5) is 5.95 Å². The molecule has 0 aliphatic carbocycles. The van der Waals surface area contributed by atoms with E-state index in [9.17, 15) is 0 Å². The van der Waals surface area contributed by atoms with Gasteiger partial charge in [-0.15, -0.1) is 0 Å². The molecular weight excluding hydrogens is 298 g/mol. The largest absolute Gasteiger partial charge is 0.341 e. The van der Waals surface area contributed by atoms with E-state index in [1.165, 1.54) is 36.9 Å². The molecule has 2 fully saturated rings. The molecule has 0 amide bonds. The predicted octanol–water partition coefficient (Wildman–Crippen LogP) is 2.73. The average Bonchev–Trinajstić information content (AvgIpc) is 3.24. The molecule has 5 heteroatoms. The van der Waals surface area contributed by atoms with E-state index < -0.39 is 0 Å². The second-order valence-electron chi connectivity index (χ2n) is 7.21. The van der Waals surface area contributed by atoms with E-state index >= 15 is 0 Å². The molecule has 2 aromatic heterocycles. The van der Waals surface area contributed by atoms with Gasteiger partial charge in [0.1, 0.15) is 0 Å². The quantitative estimate of drug-likeness (QED) is 0.870. The van der Waals surface area contributed by atoms with Gasteiger partial charge in [-0.1, -0.05) is 6.07 Å². The Morgan fingerprint density at radius 3 is 2.83 bits per heavy atom. The lowest BCUT2D eigenvalue weighted by Crippen LogP contribution is -2.38. The molecule has 2 bridgehead atoms. The van der Waals surface area contributed by atoms with E-state index in [2.05, 4.69) is 33.1 Å². The second kappa shape index (κ2) is 5.81. The number of pyridine rings is 1. The Bertz CT molecular complexity index is 726. The van der Waals surface area contributed by atoms with Crippen LogP contribution in [-0.4, -0.2) is 39.0 Å². The standard InChI is InChI=1S/C19H23N5/c1-2-8-20-14(5-1)13-24-15-6-7-18(24)16-12-21-19(22-17(16)11-15)23-9-3-4-10-23/h1-2,5,8,12,15,18H,3-4,6-7,9-11,13H2/t15-,18-/m0/s1. The molecule has 0 unspecified atom stereocenters. The van der Waals surface area contributed by atoms with Gasteiger partial charge in [0.15, 0.2) is 0 Å². The van der Waals surface area contributed by atoms with E-state index in [0.29, 0.717) is 12.1 Å². The Morgan fingerprint density at radius 1 is 1.08 bits per heavy atom. The number of nitrogens with zero attached hydrogens (tertiary/aromatic N) is 5. The molecule has 124 valence electrons. The highest BCUT2D eigenvalue weighted by Crippen LogP contribution is 2.43. The van der Waals surface area contributed by atoms with Gasteiger partial charge in [0, 0.05) is 56.1 Å². The van der Waals surface area contributed by atoms with Gasteiger partial charge < -0.3 is 4.90 Å². The zero-order chi connectivity index (χ0) is 15.9. The monoisotopic (exact) mass is 321 g/mol. The summed E-state index contributed by atoms with van der Waals surface area (Å²) in [5, 5.41) is 0. The third kappa shape index (κ3) is 2.38. The average molecular weight is 321 g/mol. The minimum atomic E-state index is 0.466. The van der Waals surface area contributed by atoms with E-state index in [1.54, 1.807) is 0 Å². The summed E-state index contributed by atoms with van der Waals surface area (Å²) in [7, 11) is 0. The Kier molecular flexibility index (Phi) is 3.47. The second-order valence-corrected chi connectivity index (χ2v) is 7.21. The van der Waals surface area contributed by atoms with Crippen LogP contribution in [0.3, 0.4) is 0 Å². The SMILES string of the molecule is c1ccc(CN2[C@H]3CC[C@H]2c2cnc(N4CCCC4)nc2C3)nc1. The Labute approximate surface area is 142 Å². The maximum absolute atomic E-state index is 4.95. The molecule has 3 aliphatic heterocycles. The van der Waals surface area contributed by atoms with Crippen molar-refractivity contribution in [3.05, 3.63) is 47.5 Å². The van der Waals surface area contributed by atoms with Crippen molar-refractivity contribution in [1.29, 1.82) is 0 Å². The third-order valence-electron chi connectivity index (χ3n) is 5.78. The first kappa shape index (κ1) is 14.3. The summed E-state index contributed by atoms with van der Waals surface area (Å²) in [4.78, 5) is 19.1. The van der Waals surface area contributed by atoms with E-state index in [1.807, 2.05) is 12.3 Å². The van der Waals surface area contributed by atoms with Crippen LogP contribution in [-0.2, 0) is 13.0 Å². The van der Waals surface area contributed by atoms with Crippen molar-refractivity contribution in [2.24, 2.45) is 0 Å². The summed E-state index contributed by atoms with van der Waals surface area (Å²) in [6.45, 7) is 3.15. The van der Waals surface area contributed by atoms with Crippen LogP contribution in [0.15, 0.2) is 30.6 Å².